The molecule has 0 unspecified atom stereocenters. The van der Waals surface area contributed by atoms with Crippen molar-refractivity contribution in [3.8, 4) is 0 Å². The van der Waals surface area contributed by atoms with Gasteiger partial charge in [0.15, 0.2) is 0 Å². The predicted molar refractivity (Wildman–Crippen MR) is 86.0 cm³/mol. The molecular formula is C15H16N2O2S2. The fourth-order valence-electron chi connectivity index (χ4n) is 2.40. The van der Waals surface area contributed by atoms with Gasteiger partial charge in [-0.3, -0.25) is 0 Å². The van der Waals surface area contributed by atoms with Crippen LogP contribution in [0.5, 0.6) is 0 Å². The van der Waals surface area contributed by atoms with E-state index in [1.165, 1.54) is 10.7 Å². The molecular weight excluding hydrogens is 304 g/mol. The molecule has 1 N–H and O–H groups in total. The zero-order chi connectivity index (χ0) is 15.0. The summed E-state index contributed by atoms with van der Waals surface area (Å²) in [4.78, 5) is 1.03. The number of aryl methyl sites for hydroxylation is 1. The van der Waals surface area contributed by atoms with E-state index in [1.54, 1.807) is 11.3 Å². The van der Waals surface area contributed by atoms with Crippen LogP contribution in [0, 0.1) is 6.92 Å². The minimum atomic E-state index is -3.36. The van der Waals surface area contributed by atoms with Crippen molar-refractivity contribution in [2.75, 3.05) is 6.26 Å². The SMILES string of the molecule is Cc1cccc([C@@H]2C=C(c3cccs3)NN2S(C)(=O)=O)c1. The molecule has 1 atom stereocenters. The second-order valence-corrected chi connectivity index (χ2v) is 7.89. The summed E-state index contributed by atoms with van der Waals surface area (Å²) < 4.78 is 25.4. The molecule has 2 aromatic rings. The number of rotatable bonds is 3. The van der Waals surface area contributed by atoms with Gasteiger partial charge >= 0.3 is 0 Å². The monoisotopic (exact) mass is 320 g/mol. The Kier molecular flexibility index (Phi) is 3.61. The van der Waals surface area contributed by atoms with Gasteiger partial charge in [-0.2, -0.15) is 0 Å². The van der Waals surface area contributed by atoms with Gasteiger partial charge in [-0.05, 0) is 30.0 Å². The second kappa shape index (κ2) is 5.29. The first kappa shape index (κ1) is 14.3. The molecule has 1 aromatic heterocycles. The summed E-state index contributed by atoms with van der Waals surface area (Å²) in [5.74, 6) is 0. The molecule has 21 heavy (non-hydrogen) atoms. The van der Waals surface area contributed by atoms with Gasteiger partial charge in [0.25, 0.3) is 0 Å². The van der Waals surface area contributed by atoms with Crippen LogP contribution in [0.25, 0.3) is 5.70 Å². The van der Waals surface area contributed by atoms with Crippen molar-refractivity contribution in [2.45, 2.75) is 13.0 Å². The smallest absolute Gasteiger partial charge is 0.228 e. The second-order valence-electron chi connectivity index (χ2n) is 5.09. The molecule has 1 aliphatic heterocycles. The normalized spacial score (nSPS) is 19.3. The highest BCUT2D eigenvalue weighted by Gasteiger charge is 2.33. The molecule has 0 saturated carbocycles. The summed E-state index contributed by atoms with van der Waals surface area (Å²) in [6, 6.07) is 11.5. The average molecular weight is 320 g/mol. The van der Waals surface area contributed by atoms with Gasteiger partial charge < -0.3 is 5.43 Å². The molecule has 110 valence electrons. The molecule has 1 aliphatic rings. The molecule has 0 fully saturated rings. The first-order valence-corrected chi connectivity index (χ1v) is 9.26. The van der Waals surface area contributed by atoms with E-state index in [4.69, 9.17) is 0 Å². The third kappa shape index (κ3) is 2.88. The van der Waals surface area contributed by atoms with Gasteiger partial charge in [0.1, 0.15) is 0 Å². The van der Waals surface area contributed by atoms with Crippen LogP contribution in [0.1, 0.15) is 22.0 Å². The molecule has 0 radical (unpaired) electrons. The summed E-state index contributed by atoms with van der Waals surface area (Å²) in [6.07, 6.45) is 3.18. The van der Waals surface area contributed by atoms with Crippen LogP contribution in [0.3, 0.4) is 0 Å². The van der Waals surface area contributed by atoms with Crippen molar-refractivity contribution in [3.05, 3.63) is 63.9 Å². The summed E-state index contributed by atoms with van der Waals surface area (Å²) in [6.45, 7) is 2.00. The number of hydrogen-bond acceptors (Lipinski definition) is 4. The summed E-state index contributed by atoms with van der Waals surface area (Å²) in [7, 11) is -3.36. The number of benzene rings is 1. The highest BCUT2D eigenvalue weighted by Crippen LogP contribution is 2.34. The van der Waals surface area contributed by atoms with E-state index in [0.29, 0.717) is 0 Å². The Balaban J connectivity index is 2.05. The molecule has 0 aliphatic carbocycles. The molecule has 0 bridgehead atoms. The van der Waals surface area contributed by atoms with Crippen LogP contribution in [0.15, 0.2) is 47.9 Å². The molecule has 3 rings (SSSR count). The molecule has 4 nitrogen and oxygen atoms in total. The Hall–Kier alpha value is -1.63. The minimum Gasteiger partial charge on any atom is -0.304 e. The van der Waals surface area contributed by atoms with E-state index < -0.39 is 10.0 Å². The van der Waals surface area contributed by atoms with E-state index in [2.05, 4.69) is 5.43 Å². The van der Waals surface area contributed by atoms with Crippen LogP contribution in [-0.2, 0) is 10.0 Å². The molecule has 1 aromatic carbocycles. The largest absolute Gasteiger partial charge is 0.304 e. The molecule has 2 heterocycles. The van der Waals surface area contributed by atoms with E-state index in [-0.39, 0.29) is 6.04 Å². The Labute approximate surface area is 128 Å². The van der Waals surface area contributed by atoms with Gasteiger partial charge in [0.05, 0.1) is 22.9 Å². The van der Waals surface area contributed by atoms with Crippen LogP contribution in [-0.4, -0.2) is 19.1 Å². The number of nitrogens with zero attached hydrogens (tertiary/aromatic N) is 1. The first-order chi connectivity index (χ1) is 9.95. The van der Waals surface area contributed by atoms with Crippen LogP contribution < -0.4 is 5.43 Å². The fraction of sp³-hybridized carbons (Fsp3) is 0.200. The van der Waals surface area contributed by atoms with E-state index in [9.17, 15) is 8.42 Å². The summed E-state index contributed by atoms with van der Waals surface area (Å²) >= 11 is 1.58. The number of hydrazine groups is 1. The lowest BCUT2D eigenvalue weighted by Gasteiger charge is -2.22. The van der Waals surface area contributed by atoms with Crippen molar-refractivity contribution in [1.82, 2.24) is 9.84 Å². The van der Waals surface area contributed by atoms with Gasteiger partial charge in [-0.15, -0.1) is 15.8 Å². The zero-order valence-corrected chi connectivity index (χ0v) is 13.4. The van der Waals surface area contributed by atoms with Crippen molar-refractivity contribution in [3.63, 3.8) is 0 Å². The summed E-state index contributed by atoms with van der Waals surface area (Å²) in [5.41, 5.74) is 5.92. The lowest BCUT2D eigenvalue weighted by Crippen LogP contribution is -2.38. The van der Waals surface area contributed by atoms with Gasteiger partial charge in [-0.25, -0.2) is 8.42 Å². The predicted octanol–water partition coefficient (Wildman–Crippen LogP) is 2.92. The Morgan fingerprint density at radius 1 is 1.24 bits per heavy atom. The van der Waals surface area contributed by atoms with E-state index in [0.717, 1.165) is 21.7 Å². The lowest BCUT2D eigenvalue weighted by atomic mass is 10.0. The number of thiophene rings is 1. The van der Waals surface area contributed by atoms with Crippen molar-refractivity contribution in [1.29, 1.82) is 0 Å². The van der Waals surface area contributed by atoms with Crippen molar-refractivity contribution >= 4 is 27.1 Å². The fourth-order valence-corrected chi connectivity index (χ4v) is 3.96. The van der Waals surface area contributed by atoms with Crippen molar-refractivity contribution in [2.24, 2.45) is 0 Å². The maximum atomic E-state index is 12.1. The molecule has 6 heteroatoms. The third-order valence-corrected chi connectivity index (χ3v) is 5.27. The van der Waals surface area contributed by atoms with Crippen LogP contribution in [0.2, 0.25) is 0 Å². The topological polar surface area (TPSA) is 49.4 Å². The third-order valence-electron chi connectivity index (χ3n) is 3.34. The molecule has 0 saturated heterocycles. The maximum absolute atomic E-state index is 12.1. The minimum absolute atomic E-state index is 0.322. The Morgan fingerprint density at radius 3 is 2.67 bits per heavy atom. The average Bonchev–Trinajstić information content (AvgIpc) is 3.07. The highest BCUT2D eigenvalue weighted by atomic mass is 32.2. The number of nitrogens with one attached hydrogen (secondary N) is 1. The zero-order valence-electron chi connectivity index (χ0n) is 11.8. The van der Waals surface area contributed by atoms with Crippen LogP contribution in [0.4, 0.5) is 0 Å². The molecule has 0 spiro atoms. The number of hydrogen-bond donors (Lipinski definition) is 1. The quantitative estimate of drug-likeness (QED) is 0.946. The van der Waals surface area contributed by atoms with Crippen LogP contribution >= 0.6 is 11.3 Å². The lowest BCUT2D eigenvalue weighted by molar-refractivity contribution is 0.351. The Bertz CT molecular complexity index is 780. The Morgan fingerprint density at radius 2 is 2.05 bits per heavy atom. The van der Waals surface area contributed by atoms with E-state index >= 15 is 0 Å². The van der Waals surface area contributed by atoms with E-state index in [1.807, 2.05) is 54.8 Å². The standard InChI is InChI=1S/C15H16N2O2S2/c1-11-5-3-6-12(9-11)14-10-13(15-7-4-8-20-15)16-17(14)21(2,18)19/h3-10,14,16H,1-2H3/t14-/m0/s1. The summed E-state index contributed by atoms with van der Waals surface area (Å²) in [5, 5.41) is 1.97. The number of sulfonamides is 1. The van der Waals surface area contributed by atoms with Gasteiger partial charge in [0, 0.05) is 0 Å². The maximum Gasteiger partial charge on any atom is 0.228 e. The van der Waals surface area contributed by atoms with Gasteiger partial charge in [-0.1, -0.05) is 35.9 Å². The first-order valence-electron chi connectivity index (χ1n) is 6.53. The van der Waals surface area contributed by atoms with Gasteiger partial charge in [0.2, 0.25) is 10.0 Å². The molecule has 0 amide bonds. The van der Waals surface area contributed by atoms with Crippen molar-refractivity contribution < 1.29 is 8.42 Å². The highest BCUT2D eigenvalue weighted by molar-refractivity contribution is 7.88.